The number of carbonyl (C=O) groups is 1. The molecule has 5 rings (SSSR count). The first kappa shape index (κ1) is 14.0. The molecule has 3 atom stereocenters. The van der Waals surface area contributed by atoms with E-state index in [1.807, 2.05) is 11.0 Å². The van der Waals surface area contributed by atoms with Crippen LogP contribution in [0.4, 0.5) is 0 Å². The molecule has 23 heavy (non-hydrogen) atoms. The number of hydrogen-bond acceptors (Lipinski definition) is 4. The summed E-state index contributed by atoms with van der Waals surface area (Å²) in [6, 6.07) is 2.65. The van der Waals surface area contributed by atoms with Crippen LogP contribution in [0.25, 0.3) is 0 Å². The number of amides is 1. The molecule has 4 fully saturated rings. The molecule has 5 heteroatoms. The lowest BCUT2D eigenvalue weighted by atomic mass is 9.93. The lowest BCUT2D eigenvalue weighted by molar-refractivity contribution is 0.0488. The van der Waals surface area contributed by atoms with E-state index in [-0.39, 0.29) is 5.91 Å². The number of aromatic nitrogens is 1. The molecule has 2 heterocycles. The molecule has 0 spiro atoms. The maximum atomic E-state index is 12.6. The summed E-state index contributed by atoms with van der Waals surface area (Å²) in [4.78, 5) is 17.2. The molecule has 1 aliphatic heterocycles. The van der Waals surface area contributed by atoms with Gasteiger partial charge in [0.1, 0.15) is 5.76 Å². The molecule has 2 bridgehead atoms. The molecular weight excluding hydrogens is 290 g/mol. The van der Waals surface area contributed by atoms with E-state index in [0.29, 0.717) is 11.6 Å². The summed E-state index contributed by atoms with van der Waals surface area (Å²) in [6.07, 6.45) is 8.07. The third-order valence-corrected chi connectivity index (χ3v) is 6.50. The summed E-state index contributed by atoms with van der Waals surface area (Å²) in [5.74, 6) is 3.38. The van der Waals surface area contributed by atoms with E-state index in [4.69, 9.17) is 4.52 Å². The molecule has 3 saturated carbocycles. The molecule has 1 saturated heterocycles. The molecule has 124 valence electrons. The highest BCUT2D eigenvalue weighted by Gasteiger charge is 2.43. The van der Waals surface area contributed by atoms with Gasteiger partial charge in [-0.2, -0.15) is 0 Å². The number of hydrogen-bond donors (Lipinski definition) is 0. The van der Waals surface area contributed by atoms with Gasteiger partial charge in [0.05, 0.1) is 0 Å². The SMILES string of the molecule is O=C(c1cc(C2CC2)on1)N1CCN([C@@H]2C[C@H]3CC[C@H]2C3)CC1. The van der Waals surface area contributed by atoms with Gasteiger partial charge in [-0.15, -0.1) is 0 Å². The number of rotatable bonds is 3. The third-order valence-electron chi connectivity index (χ3n) is 6.50. The van der Waals surface area contributed by atoms with Gasteiger partial charge in [-0.1, -0.05) is 11.6 Å². The van der Waals surface area contributed by atoms with Gasteiger partial charge in [0, 0.05) is 44.2 Å². The van der Waals surface area contributed by atoms with Crippen molar-refractivity contribution >= 4 is 5.91 Å². The summed E-state index contributed by atoms with van der Waals surface area (Å²) in [5.41, 5.74) is 0.500. The molecule has 1 aromatic heterocycles. The Labute approximate surface area is 137 Å². The van der Waals surface area contributed by atoms with Crippen molar-refractivity contribution < 1.29 is 9.32 Å². The molecule has 0 radical (unpaired) electrons. The van der Waals surface area contributed by atoms with Crippen LogP contribution in [0.2, 0.25) is 0 Å². The molecule has 1 aromatic rings. The lowest BCUT2D eigenvalue weighted by Crippen LogP contribution is -2.53. The Hall–Kier alpha value is -1.36. The average molecular weight is 315 g/mol. The van der Waals surface area contributed by atoms with Crippen molar-refractivity contribution in [2.45, 2.75) is 50.5 Å². The fourth-order valence-corrected chi connectivity index (χ4v) is 5.03. The van der Waals surface area contributed by atoms with Crippen LogP contribution in [0, 0.1) is 11.8 Å². The van der Waals surface area contributed by atoms with Gasteiger partial charge in [-0.05, 0) is 43.9 Å². The van der Waals surface area contributed by atoms with E-state index in [1.54, 1.807) is 0 Å². The van der Waals surface area contributed by atoms with E-state index < -0.39 is 0 Å². The summed E-state index contributed by atoms with van der Waals surface area (Å²) in [6.45, 7) is 3.70. The summed E-state index contributed by atoms with van der Waals surface area (Å²) >= 11 is 0. The van der Waals surface area contributed by atoms with Crippen LogP contribution in [0.1, 0.15) is 60.7 Å². The summed E-state index contributed by atoms with van der Waals surface area (Å²) < 4.78 is 5.33. The summed E-state index contributed by atoms with van der Waals surface area (Å²) in [5, 5.41) is 4.00. The highest BCUT2D eigenvalue weighted by molar-refractivity contribution is 5.92. The van der Waals surface area contributed by atoms with Crippen LogP contribution in [0.5, 0.6) is 0 Å². The fraction of sp³-hybridized carbons (Fsp3) is 0.778. The molecule has 5 nitrogen and oxygen atoms in total. The number of fused-ring (bicyclic) bond motifs is 2. The van der Waals surface area contributed by atoms with Gasteiger partial charge < -0.3 is 9.42 Å². The van der Waals surface area contributed by atoms with Crippen LogP contribution in [0.15, 0.2) is 10.6 Å². The Bertz CT molecular complexity index is 601. The predicted octanol–water partition coefficient (Wildman–Crippen LogP) is 2.50. The highest BCUT2D eigenvalue weighted by atomic mass is 16.5. The van der Waals surface area contributed by atoms with Crippen LogP contribution in [0.3, 0.4) is 0 Å². The Morgan fingerprint density at radius 3 is 2.57 bits per heavy atom. The maximum absolute atomic E-state index is 12.6. The smallest absolute Gasteiger partial charge is 0.276 e. The third kappa shape index (κ3) is 2.49. The molecule has 0 aromatic carbocycles. The van der Waals surface area contributed by atoms with Crippen molar-refractivity contribution in [3.63, 3.8) is 0 Å². The quantitative estimate of drug-likeness (QED) is 0.860. The number of piperazine rings is 1. The zero-order chi connectivity index (χ0) is 15.4. The number of nitrogens with zero attached hydrogens (tertiary/aromatic N) is 3. The Morgan fingerprint density at radius 2 is 1.91 bits per heavy atom. The van der Waals surface area contributed by atoms with Crippen molar-refractivity contribution in [3.8, 4) is 0 Å². The minimum absolute atomic E-state index is 0.0493. The van der Waals surface area contributed by atoms with E-state index >= 15 is 0 Å². The maximum Gasteiger partial charge on any atom is 0.276 e. The minimum atomic E-state index is 0.0493. The molecule has 0 N–H and O–H groups in total. The van der Waals surface area contributed by atoms with Crippen molar-refractivity contribution in [1.29, 1.82) is 0 Å². The first-order valence-electron chi connectivity index (χ1n) is 9.28. The van der Waals surface area contributed by atoms with E-state index in [0.717, 1.165) is 49.8 Å². The van der Waals surface area contributed by atoms with Crippen LogP contribution >= 0.6 is 0 Å². The minimum Gasteiger partial charge on any atom is -0.360 e. The zero-order valence-electron chi connectivity index (χ0n) is 13.6. The summed E-state index contributed by atoms with van der Waals surface area (Å²) in [7, 11) is 0. The second-order valence-electron chi connectivity index (χ2n) is 7.96. The first-order chi connectivity index (χ1) is 11.3. The average Bonchev–Trinajstić information content (AvgIpc) is 3.03. The van der Waals surface area contributed by atoms with Crippen molar-refractivity contribution in [3.05, 3.63) is 17.5 Å². The van der Waals surface area contributed by atoms with Gasteiger partial charge in [-0.25, -0.2) is 0 Å². The Morgan fingerprint density at radius 1 is 1.09 bits per heavy atom. The van der Waals surface area contributed by atoms with E-state index in [9.17, 15) is 4.79 Å². The highest BCUT2D eigenvalue weighted by Crippen LogP contribution is 2.46. The van der Waals surface area contributed by atoms with Crippen LogP contribution in [-0.2, 0) is 0 Å². The van der Waals surface area contributed by atoms with E-state index in [2.05, 4.69) is 10.1 Å². The van der Waals surface area contributed by atoms with Gasteiger partial charge in [0.15, 0.2) is 5.69 Å². The van der Waals surface area contributed by atoms with Crippen molar-refractivity contribution in [2.24, 2.45) is 11.8 Å². The second kappa shape index (κ2) is 5.33. The molecule has 1 amide bonds. The normalized spacial score (nSPS) is 34.3. The largest absolute Gasteiger partial charge is 0.360 e. The Kier molecular flexibility index (Phi) is 3.25. The standard InChI is InChI=1S/C18H25N3O2/c22-18(15-11-17(23-19-15)13-3-4-13)21-7-5-20(6-8-21)16-10-12-1-2-14(16)9-12/h11-14,16H,1-10H2/t12-,14-,16+/m0/s1. The van der Waals surface area contributed by atoms with Gasteiger partial charge in [0.25, 0.3) is 5.91 Å². The second-order valence-corrected chi connectivity index (χ2v) is 7.96. The van der Waals surface area contributed by atoms with Crippen molar-refractivity contribution in [2.75, 3.05) is 26.2 Å². The molecule has 3 aliphatic carbocycles. The molecule has 0 unspecified atom stereocenters. The zero-order valence-corrected chi connectivity index (χ0v) is 13.6. The molecular formula is C18H25N3O2. The fourth-order valence-electron chi connectivity index (χ4n) is 5.03. The molecule has 4 aliphatic rings. The van der Waals surface area contributed by atoms with E-state index in [1.165, 1.54) is 38.5 Å². The number of carbonyl (C=O) groups excluding carboxylic acids is 1. The predicted molar refractivity (Wildman–Crippen MR) is 85.2 cm³/mol. The monoisotopic (exact) mass is 315 g/mol. The van der Waals surface area contributed by atoms with Gasteiger partial charge in [0.2, 0.25) is 0 Å². The topological polar surface area (TPSA) is 49.6 Å². The van der Waals surface area contributed by atoms with Crippen molar-refractivity contribution in [1.82, 2.24) is 15.0 Å². The van der Waals surface area contributed by atoms with Crippen LogP contribution in [-0.4, -0.2) is 53.1 Å². The lowest BCUT2D eigenvalue weighted by Gasteiger charge is -2.40. The van der Waals surface area contributed by atoms with Gasteiger partial charge >= 0.3 is 0 Å². The van der Waals surface area contributed by atoms with Crippen LogP contribution < -0.4 is 0 Å². The Balaban J connectivity index is 1.19. The first-order valence-corrected chi connectivity index (χ1v) is 9.28. The van der Waals surface area contributed by atoms with Gasteiger partial charge in [-0.3, -0.25) is 9.69 Å².